The monoisotopic (exact) mass is 588 g/mol. The van der Waals surface area contributed by atoms with Gasteiger partial charge in [0, 0.05) is 25.6 Å². The quantitative estimate of drug-likeness (QED) is 0.189. The predicted octanol–water partition coefficient (Wildman–Crippen LogP) is 6.35. The second-order valence-electron chi connectivity index (χ2n) is 9.71. The lowest BCUT2D eigenvalue weighted by atomic mass is 9.99. The van der Waals surface area contributed by atoms with E-state index in [2.05, 4.69) is 5.16 Å². The van der Waals surface area contributed by atoms with Gasteiger partial charge in [-0.05, 0) is 42.0 Å². The molecule has 0 fully saturated rings. The Balaban J connectivity index is 1.57. The van der Waals surface area contributed by atoms with E-state index >= 15 is 0 Å². The highest BCUT2D eigenvalue weighted by molar-refractivity contribution is 6.33. The lowest BCUT2D eigenvalue weighted by Crippen LogP contribution is -2.32. The van der Waals surface area contributed by atoms with Gasteiger partial charge >= 0.3 is 5.97 Å². The topological polar surface area (TPSA) is 109 Å². The summed E-state index contributed by atoms with van der Waals surface area (Å²) in [7, 11) is 0. The van der Waals surface area contributed by atoms with Crippen molar-refractivity contribution in [1.82, 2.24) is 4.90 Å². The number of phenols is 2. The fraction of sp³-hybridized carbons (Fsp3) is 0.242. The van der Waals surface area contributed by atoms with Crippen molar-refractivity contribution in [3.05, 3.63) is 118 Å². The number of allylic oxidation sites excluding steroid dienone is 3. The molecule has 4 rings (SSSR count). The van der Waals surface area contributed by atoms with Crippen molar-refractivity contribution in [3.8, 4) is 11.5 Å². The van der Waals surface area contributed by atoms with Crippen LogP contribution < -0.4 is 0 Å². The van der Waals surface area contributed by atoms with Gasteiger partial charge in [-0.3, -0.25) is 4.79 Å². The number of rotatable bonds is 7. The Morgan fingerprint density at radius 2 is 1.52 bits per heavy atom. The van der Waals surface area contributed by atoms with Crippen molar-refractivity contribution < 1.29 is 29.4 Å². The molecule has 1 amide bonds. The molecule has 0 saturated heterocycles. The molecule has 3 aromatic rings. The molecule has 0 radical (unpaired) electrons. The summed E-state index contributed by atoms with van der Waals surface area (Å²) < 4.78 is 5.33. The highest BCUT2D eigenvalue weighted by atomic mass is 35.5. The first-order chi connectivity index (χ1) is 20.4. The lowest BCUT2D eigenvalue weighted by Gasteiger charge is -2.22. The molecule has 0 unspecified atom stereocenters. The molecule has 0 bridgehead atoms. The highest BCUT2D eigenvalue weighted by Crippen LogP contribution is 2.37. The van der Waals surface area contributed by atoms with E-state index in [1.54, 1.807) is 11.0 Å². The smallest absolute Gasteiger partial charge is 0.342 e. The Morgan fingerprint density at radius 3 is 2.19 bits per heavy atom. The zero-order chi connectivity index (χ0) is 29.7. The number of carbonyl (C=O) groups excluding carboxylic acids is 2. The first-order valence-electron chi connectivity index (χ1n) is 13.7. The van der Waals surface area contributed by atoms with Gasteiger partial charge in [-0.25, -0.2) is 4.79 Å². The SMILES string of the molecule is O=C1OCC/C=C/CC/C=C/C(=N/OCC(=O)N(Cc2ccccc2)Cc2ccccc2)Cc2c(Cl)c(O)cc(O)c21. The summed E-state index contributed by atoms with van der Waals surface area (Å²) in [5, 5.41) is 24.9. The Labute approximate surface area is 250 Å². The summed E-state index contributed by atoms with van der Waals surface area (Å²) in [6, 6.07) is 20.4. The van der Waals surface area contributed by atoms with Gasteiger partial charge in [0.25, 0.3) is 5.91 Å². The van der Waals surface area contributed by atoms with Crippen LogP contribution in [-0.2, 0) is 33.9 Å². The maximum absolute atomic E-state index is 13.3. The summed E-state index contributed by atoms with van der Waals surface area (Å²) >= 11 is 6.38. The molecule has 1 aliphatic heterocycles. The van der Waals surface area contributed by atoms with Crippen molar-refractivity contribution in [3.63, 3.8) is 0 Å². The number of cyclic esters (lactones) is 1. The minimum Gasteiger partial charge on any atom is -0.507 e. The molecule has 1 aliphatic rings. The van der Waals surface area contributed by atoms with Gasteiger partial charge < -0.3 is 24.7 Å². The van der Waals surface area contributed by atoms with Crippen molar-refractivity contribution in [2.75, 3.05) is 13.2 Å². The number of ether oxygens (including phenoxy) is 1. The second kappa shape index (κ2) is 15.4. The molecule has 1 heterocycles. The molecule has 218 valence electrons. The van der Waals surface area contributed by atoms with Gasteiger partial charge in [0.05, 0.1) is 17.3 Å². The van der Waals surface area contributed by atoms with Crippen LogP contribution in [0, 0.1) is 0 Å². The van der Waals surface area contributed by atoms with Gasteiger partial charge in [-0.2, -0.15) is 0 Å². The number of oxime groups is 1. The number of carbonyl (C=O) groups is 2. The number of halogens is 1. The van der Waals surface area contributed by atoms with Crippen LogP contribution >= 0.6 is 11.6 Å². The normalized spacial score (nSPS) is 16.5. The van der Waals surface area contributed by atoms with E-state index in [9.17, 15) is 19.8 Å². The van der Waals surface area contributed by atoms with Crippen molar-refractivity contribution >= 4 is 29.2 Å². The predicted molar refractivity (Wildman–Crippen MR) is 161 cm³/mol. The van der Waals surface area contributed by atoms with Crippen molar-refractivity contribution in [2.24, 2.45) is 5.16 Å². The number of fused-ring (bicyclic) bond motifs is 1. The molecular formula is C33H33ClN2O6. The van der Waals surface area contributed by atoms with E-state index in [0.29, 0.717) is 31.6 Å². The van der Waals surface area contributed by atoms with Crippen LogP contribution in [0.3, 0.4) is 0 Å². The van der Waals surface area contributed by atoms with Gasteiger partial charge in [-0.1, -0.05) is 95.6 Å². The van der Waals surface area contributed by atoms with E-state index < -0.39 is 11.7 Å². The molecule has 0 atom stereocenters. The van der Waals surface area contributed by atoms with Crippen LogP contribution in [0.15, 0.2) is 96.2 Å². The van der Waals surface area contributed by atoms with Crippen LogP contribution in [0.2, 0.25) is 5.02 Å². The van der Waals surface area contributed by atoms with E-state index in [1.165, 1.54) is 0 Å². The van der Waals surface area contributed by atoms with E-state index in [4.69, 9.17) is 21.2 Å². The first-order valence-corrected chi connectivity index (χ1v) is 14.1. The molecule has 42 heavy (non-hydrogen) atoms. The van der Waals surface area contributed by atoms with Gasteiger partial charge in [0.1, 0.15) is 17.1 Å². The summed E-state index contributed by atoms with van der Waals surface area (Å²) in [5.74, 6) is -1.88. The Morgan fingerprint density at radius 1 is 0.905 bits per heavy atom. The minimum absolute atomic E-state index is 0.0660. The zero-order valence-electron chi connectivity index (χ0n) is 23.1. The highest BCUT2D eigenvalue weighted by Gasteiger charge is 2.24. The van der Waals surface area contributed by atoms with E-state index in [0.717, 1.165) is 23.6 Å². The van der Waals surface area contributed by atoms with Crippen LogP contribution in [-0.4, -0.2) is 45.9 Å². The van der Waals surface area contributed by atoms with Crippen molar-refractivity contribution in [2.45, 2.75) is 38.8 Å². The third-order valence-electron chi connectivity index (χ3n) is 6.53. The fourth-order valence-corrected chi connectivity index (χ4v) is 4.64. The Kier molecular flexibility index (Phi) is 11.2. The molecule has 0 saturated carbocycles. The number of hydrogen-bond acceptors (Lipinski definition) is 7. The average molecular weight is 589 g/mol. The van der Waals surface area contributed by atoms with Crippen LogP contribution in [0.4, 0.5) is 0 Å². The first kappa shape index (κ1) is 30.4. The number of aromatic hydroxyl groups is 2. The van der Waals surface area contributed by atoms with Gasteiger partial charge in [-0.15, -0.1) is 0 Å². The standard InChI is InChI=1S/C33H33ClN2O6/c34-32-27-19-26(17-11-3-1-2-4-12-18-41-33(40)31(27)28(37)20-29(32)38)35-42-23-30(39)36(21-24-13-7-5-8-14-24)22-25-15-9-6-10-16-25/h2,4-11,13-17,20,37-38H,1,3,12,18-19,21-23H2/b4-2+,17-11+,35-26-. The maximum Gasteiger partial charge on any atom is 0.342 e. The minimum atomic E-state index is -0.772. The largest absolute Gasteiger partial charge is 0.507 e. The second-order valence-corrected chi connectivity index (χ2v) is 10.1. The summed E-state index contributed by atoms with van der Waals surface area (Å²) in [4.78, 5) is 33.4. The average Bonchev–Trinajstić information content (AvgIpc) is 2.99. The number of hydrogen-bond donors (Lipinski definition) is 2. The number of amides is 1. The Bertz CT molecular complexity index is 1410. The van der Waals surface area contributed by atoms with Crippen LogP contribution in [0.1, 0.15) is 46.3 Å². The fourth-order valence-electron chi connectivity index (χ4n) is 4.42. The van der Waals surface area contributed by atoms with Crippen molar-refractivity contribution in [1.29, 1.82) is 0 Å². The number of phenolic OH excluding ortho intramolecular Hbond substituents is 2. The van der Waals surface area contributed by atoms with E-state index in [-0.39, 0.29) is 47.4 Å². The van der Waals surface area contributed by atoms with Crippen LogP contribution in [0.5, 0.6) is 11.5 Å². The summed E-state index contributed by atoms with van der Waals surface area (Å²) in [6.45, 7) is 0.585. The van der Waals surface area contributed by atoms with E-state index in [1.807, 2.05) is 78.9 Å². The summed E-state index contributed by atoms with van der Waals surface area (Å²) in [6.07, 6.45) is 9.45. The molecule has 8 nitrogen and oxygen atoms in total. The summed E-state index contributed by atoms with van der Waals surface area (Å²) in [5.41, 5.74) is 2.28. The Hall–Kier alpha value is -4.56. The molecule has 3 aromatic carbocycles. The molecule has 9 heteroatoms. The zero-order valence-corrected chi connectivity index (χ0v) is 23.9. The number of benzene rings is 3. The van der Waals surface area contributed by atoms with Gasteiger partial charge in [0.2, 0.25) is 0 Å². The molecule has 0 spiro atoms. The van der Waals surface area contributed by atoms with Crippen LogP contribution in [0.25, 0.3) is 0 Å². The molecule has 0 aliphatic carbocycles. The lowest BCUT2D eigenvalue weighted by molar-refractivity contribution is -0.137. The third kappa shape index (κ3) is 8.72. The maximum atomic E-state index is 13.3. The number of esters is 1. The molecule has 2 N–H and O–H groups in total. The molecular weight excluding hydrogens is 556 g/mol. The third-order valence-corrected chi connectivity index (χ3v) is 6.95. The molecule has 0 aromatic heterocycles. The number of nitrogens with zero attached hydrogens (tertiary/aromatic N) is 2. The van der Waals surface area contributed by atoms with Gasteiger partial charge in [0.15, 0.2) is 6.61 Å².